The van der Waals surface area contributed by atoms with Gasteiger partial charge in [-0.3, -0.25) is 4.79 Å². The molecule has 1 aromatic carbocycles. The molecule has 132 valence electrons. The quantitative estimate of drug-likeness (QED) is 0.741. The zero-order valence-corrected chi connectivity index (χ0v) is 14.9. The summed E-state index contributed by atoms with van der Waals surface area (Å²) in [7, 11) is 0. The first-order valence-corrected chi connectivity index (χ1v) is 9.12. The number of rotatable bonds is 1. The average molecular weight is 348 g/mol. The summed E-state index contributed by atoms with van der Waals surface area (Å²) < 4.78 is 5.35. The van der Waals surface area contributed by atoms with Crippen molar-refractivity contribution in [1.29, 1.82) is 5.26 Å². The minimum Gasteiger partial charge on any atom is -0.422 e. The first-order valence-electron chi connectivity index (χ1n) is 9.12. The highest BCUT2D eigenvalue weighted by Crippen LogP contribution is 2.75. The van der Waals surface area contributed by atoms with Gasteiger partial charge in [0.05, 0.1) is 6.07 Å². The highest BCUT2D eigenvalue weighted by Gasteiger charge is 2.79. The van der Waals surface area contributed by atoms with Gasteiger partial charge < -0.3 is 9.32 Å². The Labute approximate surface area is 151 Å². The van der Waals surface area contributed by atoms with Crippen LogP contribution in [-0.2, 0) is 0 Å². The third-order valence-corrected chi connectivity index (χ3v) is 7.86. The van der Waals surface area contributed by atoms with E-state index in [4.69, 9.17) is 4.42 Å². The summed E-state index contributed by atoms with van der Waals surface area (Å²) in [5.74, 6) is 0.102. The molecule has 1 aromatic heterocycles. The van der Waals surface area contributed by atoms with E-state index >= 15 is 0 Å². The molecule has 4 bridgehead atoms. The third-order valence-electron chi connectivity index (χ3n) is 7.86. The number of amides is 1. The Morgan fingerprint density at radius 1 is 1.35 bits per heavy atom. The van der Waals surface area contributed by atoms with Crippen molar-refractivity contribution in [2.24, 2.45) is 16.7 Å². The zero-order valence-electron chi connectivity index (χ0n) is 14.9. The molecule has 2 aliphatic carbocycles. The van der Waals surface area contributed by atoms with Crippen LogP contribution in [0.3, 0.4) is 0 Å². The molecule has 0 N–H and O–H groups in total. The van der Waals surface area contributed by atoms with Crippen LogP contribution in [0.4, 0.5) is 0 Å². The van der Waals surface area contributed by atoms with Gasteiger partial charge in [0.1, 0.15) is 16.7 Å². The number of likely N-dealkylation sites (tertiary alicyclic amines) is 1. The van der Waals surface area contributed by atoms with Crippen LogP contribution in [0.1, 0.15) is 43.5 Å². The molecule has 1 amide bonds. The van der Waals surface area contributed by atoms with Gasteiger partial charge in [0, 0.05) is 17.3 Å². The van der Waals surface area contributed by atoms with Gasteiger partial charge >= 0.3 is 5.63 Å². The first kappa shape index (κ1) is 15.6. The Balaban J connectivity index is 1.64. The lowest BCUT2D eigenvalue weighted by atomic mass is 9.66. The number of hydrogen-bond acceptors (Lipinski definition) is 4. The number of nitriles is 1. The molecule has 5 heteroatoms. The summed E-state index contributed by atoms with van der Waals surface area (Å²) in [6, 6.07) is 11.2. The van der Waals surface area contributed by atoms with Crippen LogP contribution in [0.2, 0.25) is 0 Å². The molecule has 5 nitrogen and oxygen atoms in total. The molecule has 26 heavy (non-hydrogen) atoms. The minimum absolute atomic E-state index is 0.0222. The Kier molecular flexibility index (Phi) is 2.74. The summed E-state index contributed by atoms with van der Waals surface area (Å²) in [4.78, 5) is 27.5. The fourth-order valence-corrected chi connectivity index (χ4v) is 6.11. The summed E-state index contributed by atoms with van der Waals surface area (Å²) >= 11 is 0. The molecule has 2 saturated carbocycles. The topological polar surface area (TPSA) is 74.3 Å². The van der Waals surface area contributed by atoms with Crippen LogP contribution in [0.25, 0.3) is 11.0 Å². The Bertz CT molecular complexity index is 1070. The molecule has 4 atom stereocenters. The SMILES string of the molecule is CC12CN(C(=O)c3cc4ccccc4oc3=O)C3(C#N)CC1CCC23C. The number of fused-ring (bicyclic) bond motifs is 1. The van der Waals surface area contributed by atoms with Gasteiger partial charge in [-0.1, -0.05) is 32.0 Å². The summed E-state index contributed by atoms with van der Waals surface area (Å²) in [6.45, 7) is 4.89. The maximum Gasteiger partial charge on any atom is 0.349 e. The lowest BCUT2D eigenvalue weighted by Crippen LogP contribution is -2.55. The Morgan fingerprint density at radius 2 is 2.12 bits per heavy atom. The van der Waals surface area contributed by atoms with E-state index in [0.29, 0.717) is 29.9 Å². The van der Waals surface area contributed by atoms with Gasteiger partial charge in [-0.2, -0.15) is 5.26 Å². The van der Waals surface area contributed by atoms with E-state index in [9.17, 15) is 14.9 Å². The summed E-state index contributed by atoms with van der Waals surface area (Å²) in [5, 5.41) is 10.8. The monoisotopic (exact) mass is 348 g/mol. The van der Waals surface area contributed by atoms with Crippen molar-refractivity contribution in [3.05, 3.63) is 46.3 Å². The van der Waals surface area contributed by atoms with E-state index in [2.05, 4.69) is 19.9 Å². The molecule has 1 saturated heterocycles. The molecule has 2 aromatic rings. The van der Waals surface area contributed by atoms with Gasteiger partial charge in [0.2, 0.25) is 0 Å². The molecular formula is C21H20N2O3. The molecule has 3 fully saturated rings. The number of para-hydroxylation sites is 1. The number of nitrogens with zero attached hydrogens (tertiary/aromatic N) is 2. The fraction of sp³-hybridized carbons (Fsp3) is 0.476. The standard InChI is InChI=1S/C21H20N2O3/c1-19-12-23(21(11-22)10-14(19)7-8-20(19,21)2)17(24)15-9-13-5-3-4-6-16(13)26-18(15)25/h3-6,9,14H,7-8,10,12H2,1-2H3. The van der Waals surface area contributed by atoms with Crippen LogP contribution in [0, 0.1) is 28.1 Å². The molecule has 1 aliphatic heterocycles. The largest absolute Gasteiger partial charge is 0.422 e. The fourth-order valence-electron chi connectivity index (χ4n) is 6.11. The molecule has 4 unspecified atom stereocenters. The zero-order chi connectivity index (χ0) is 18.3. The van der Waals surface area contributed by atoms with Gasteiger partial charge in [-0.25, -0.2) is 4.79 Å². The third kappa shape index (κ3) is 1.48. The van der Waals surface area contributed by atoms with E-state index in [1.807, 2.05) is 12.1 Å². The second-order valence-electron chi connectivity index (χ2n) is 8.54. The van der Waals surface area contributed by atoms with Crippen LogP contribution in [0.15, 0.2) is 39.5 Å². The van der Waals surface area contributed by atoms with Crippen molar-refractivity contribution >= 4 is 16.9 Å². The van der Waals surface area contributed by atoms with E-state index < -0.39 is 11.2 Å². The van der Waals surface area contributed by atoms with Gasteiger partial charge in [0.25, 0.3) is 5.91 Å². The number of carbonyl (C=O) groups excluding carboxylic acids is 1. The predicted octanol–water partition coefficient (Wildman–Crippen LogP) is 3.34. The first-order chi connectivity index (χ1) is 12.4. The van der Waals surface area contributed by atoms with Crippen molar-refractivity contribution in [2.45, 2.75) is 38.6 Å². The lowest BCUT2D eigenvalue weighted by Gasteiger charge is -2.42. The van der Waals surface area contributed by atoms with Crippen molar-refractivity contribution in [3.8, 4) is 6.07 Å². The maximum absolute atomic E-state index is 13.3. The smallest absolute Gasteiger partial charge is 0.349 e. The van der Waals surface area contributed by atoms with E-state index in [-0.39, 0.29) is 22.3 Å². The van der Waals surface area contributed by atoms with Crippen LogP contribution >= 0.6 is 0 Å². The minimum atomic E-state index is -0.820. The van der Waals surface area contributed by atoms with Gasteiger partial charge in [-0.05, 0) is 42.7 Å². The number of benzene rings is 1. The van der Waals surface area contributed by atoms with Gasteiger partial charge in [0.15, 0.2) is 0 Å². The highest BCUT2D eigenvalue weighted by molar-refractivity contribution is 5.98. The molecule has 5 rings (SSSR count). The summed E-state index contributed by atoms with van der Waals surface area (Å²) in [5.41, 5.74) is -1.24. The summed E-state index contributed by atoms with van der Waals surface area (Å²) in [6.07, 6.45) is 2.79. The van der Waals surface area contributed by atoms with Crippen molar-refractivity contribution in [3.63, 3.8) is 0 Å². The lowest BCUT2D eigenvalue weighted by molar-refractivity contribution is 0.0426. The van der Waals surface area contributed by atoms with Crippen LogP contribution < -0.4 is 5.63 Å². The molecule has 2 heterocycles. The van der Waals surface area contributed by atoms with E-state index in [1.54, 1.807) is 23.1 Å². The second-order valence-corrected chi connectivity index (χ2v) is 8.54. The molecular weight excluding hydrogens is 328 g/mol. The maximum atomic E-state index is 13.3. The molecule has 0 radical (unpaired) electrons. The van der Waals surface area contributed by atoms with E-state index in [0.717, 1.165) is 12.8 Å². The van der Waals surface area contributed by atoms with Crippen molar-refractivity contribution in [2.75, 3.05) is 6.54 Å². The second kappa shape index (κ2) is 4.56. The predicted molar refractivity (Wildman–Crippen MR) is 95.4 cm³/mol. The number of carbonyl (C=O) groups is 1. The Morgan fingerprint density at radius 3 is 2.85 bits per heavy atom. The number of hydrogen-bond donors (Lipinski definition) is 0. The van der Waals surface area contributed by atoms with Crippen LogP contribution in [-0.4, -0.2) is 22.9 Å². The molecule has 0 spiro atoms. The van der Waals surface area contributed by atoms with Crippen molar-refractivity contribution in [1.82, 2.24) is 4.90 Å². The van der Waals surface area contributed by atoms with E-state index in [1.165, 1.54) is 0 Å². The highest BCUT2D eigenvalue weighted by atomic mass is 16.4. The van der Waals surface area contributed by atoms with Crippen LogP contribution in [0.5, 0.6) is 0 Å². The number of piperidine rings is 1. The normalized spacial score (nSPS) is 37.3. The molecule has 3 aliphatic rings. The van der Waals surface area contributed by atoms with Crippen molar-refractivity contribution < 1.29 is 9.21 Å². The Hall–Kier alpha value is -2.61. The van der Waals surface area contributed by atoms with Gasteiger partial charge in [-0.15, -0.1) is 0 Å². The average Bonchev–Trinajstić information content (AvgIpc) is 3.09.